The van der Waals surface area contributed by atoms with Crippen LogP contribution in [-0.2, 0) is 11.2 Å². The van der Waals surface area contributed by atoms with Gasteiger partial charge in [0.05, 0.1) is 0 Å². The van der Waals surface area contributed by atoms with E-state index in [1.807, 2.05) is 0 Å². The second-order valence-electron chi connectivity index (χ2n) is 4.08. The van der Waals surface area contributed by atoms with Gasteiger partial charge >= 0.3 is 0 Å². The van der Waals surface area contributed by atoms with Crippen molar-refractivity contribution in [2.45, 2.75) is 12.8 Å². The van der Waals surface area contributed by atoms with E-state index in [9.17, 15) is 0 Å². The van der Waals surface area contributed by atoms with Gasteiger partial charge in [-0.1, -0.05) is 30.3 Å². The van der Waals surface area contributed by atoms with Crippen molar-refractivity contribution in [2.24, 2.45) is 0 Å². The van der Waals surface area contributed by atoms with Gasteiger partial charge in [0.1, 0.15) is 0 Å². The highest BCUT2D eigenvalue weighted by Gasteiger charge is 1.91. The maximum absolute atomic E-state index is 4.98. The van der Waals surface area contributed by atoms with Crippen LogP contribution in [-0.4, -0.2) is 39.9 Å². The fourth-order valence-electron chi connectivity index (χ4n) is 1.65. The lowest BCUT2D eigenvalue weighted by atomic mass is 10.1. The first-order chi connectivity index (χ1) is 8.43. The van der Waals surface area contributed by atoms with Crippen LogP contribution in [0.4, 0.5) is 0 Å². The lowest BCUT2D eigenvalue weighted by molar-refractivity contribution is 0.194. The minimum atomic E-state index is 0.842. The standard InChI is InChI=1S/C14H24N2O/c1-17-13-5-9-15-11-12-16-10-8-14-6-3-2-4-7-14/h2-4,6-7,15-16H,5,8-13H2,1H3. The Balaban J connectivity index is 1.85. The van der Waals surface area contributed by atoms with Crippen molar-refractivity contribution in [3.8, 4) is 0 Å². The van der Waals surface area contributed by atoms with Gasteiger partial charge in [0, 0.05) is 26.8 Å². The van der Waals surface area contributed by atoms with Crippen molar-refractivity contribution >= 4 is 0 Å². The Hall–Kier alpha value is -0.900. The second-order valence-corrected chi connectivity index (χ2v) is 4.08. The van der Waals surface area contributed by atoms with Crippen molar-refractivity contribution in [3.05, 3.63) is 35.9 Å². The third-order valence-electron chi connectivity index (χ3n) is 2.61. The highest BCUT2D eigenvalue weighted by atomic mass is 16.5. The van der Waals surface area contributed by atoms with E-state index in [0.717, 1.165) is 45.6 Å². The average Bonchev–Trinajstić information content (AvgIpc) is 2.38. The smallest absolute Gasteiger partial charge is 0.0474 e. The SMILES string of the molecule is COCCCNCCNCCc1ccccc1. The zero-order chi connectivity index (χ0) is 12.2. The summed E-state index contributed by atoms with van der Waals surface area (Å²) in [5, 5.41) is 6.81. The summed E-state index contributed by atoms with van der Waals surface area (Å²) in [6.07, 6.45) is 2.19. The van der Waals surface area contributed by atoms with Crippen LogP contribution in [0.15, 0.2) is 30.3 Å². The van der Waals surface area contributed by atoms with Gasteiger partial charge in [-0.15, -0.1) is 0 Å². The number of methoxy groups -OCH3 is 1. The van der Waals surface area contributed by atoms with Gasteiger partial charge in [0.25, 0.3) is 0 Å². The van der Waals surface area contributed by atoms with Gasteiger partial charge in [-0.25, -0.2) is 0 Å². The third kappa shape index (κ3) is 7.91. The summed E-state index contributed by atoms with van der Waals surface area (Å²) in [6.45, 7) is 4.98. The molecular formula is C14H24N2O. The highest BCUT2D eigenvalue weighted by Crippen LogP contribution is 1.97. The molecule has 0 aliphatic heterocycles. The third-order valence-corrected chi connectivity index (χ3v) is 2.61. The van der Waals surface area contributed by atoms with E-state index in [-0.39, 0.29) is 0 Å². The molecule has 3 heteroatoms. The molecule has 2 N–H and O–H groups in total. The molecule has 0 radical (unpaired) electrons. The summed E-state index contributed by atoms with van der Waals surface area (Å²) < 4.78 is 4.98. The Morgan fingerprint density at radius 3 is 2.35 bits per heavy atom. The van der Waals surface area contributed by atoms with E-state index in [0.29, 0.717) is 0 Å². The van der Waals surface area contributed by atoms with Crippen LogP contribution in [0.5, 0.6) is 0 Å². The summed E-state index contributed by atoms with van der Waals surface area (Å²) in [5.41, 5.74) is 1.40. The van der Waals surface area contributed by atoms with Crippen LogP contribution < -0.4 is 10.6 Å². The zero-order valence-corrected chi connectivity index (χ0v) is 10.7. The molecule has 0 aliphatic rings. The van der Waals surface area contributed by atoms with Gasteiger partial charge in [-0.05, 0) is 31.5 Å². The molecule has 0 aliphatic carbocycles. The number of nitrogens with one attached hydrogen (secondary N) is 2. The van der Waals surface area contributed by atoms with Gasteiger partial charge in [0.15, 0.2) is 0 Å². The number of benzene rings is 1. The number of ether oxygens (including phenoxy) is 1. The van der Waals surface area contributed by atoms with Crippen LogP contribution in [0.25, 0.3) is 0 Å². The molecule has 3 nitrogen and oxygen atoms in total. The van der Waals surface area contributed by atoms with Gasteiger partial charge in [-0.3, -0.25) is 0 Å². The lowest BCUT2D eigenvalue weighted by Crippen LogP contribution is -2.29. The molecule has 0 fully saturated rings. The van der Waals surface area contributed by atoms with Crippen molar-refractivity contribution in [3.63, 3.8) is 0 Å². The summed E-state index contributed by atoms with van der Waals surface area (Å²) in [4.78, 5) is 0. The first kappa shape index (κ1) is 14.2. The minimum absolute atomic E-state index is 0.842. The quantitative estimate of drug-likeness (QED) is 0.603. The fraction of sp³-hybridized carbons (Fsp3) is 0.571. The largest absolute Gasteiger partial charge is 0.385 e. The average molecular weight is 236 g/mol. The summed E-state index contributed by atoms with van der Waals surface area (Å²) in [6, 6.07) is 10.6. The van der Waals surface area contributed by atoms with E-state index < -0.39 is 0 Å². The van der Waals surface area contributed by atoms with Crippen LogP contribution in [0, 0.1) is 0 Å². The first-order valence-electron chi connectivity index (χ1n) is 6.38. The predicted octanol–water partition coefficient (Wildman–Crippen LogP) is 1.44. The van der Waals surface area contributed by atoms with Crippen molar-refractivity contribution in [1.29, 1.82) is 0 Å². The van der Waals surface area contributed by atoms with Gasteiger partial charge in [-0.2, -0.15) is 0 Å². The Bertz CT molecular complexity index is 264. The molecule has 0 spiro atoms. The molecule has 1 aromatic rings. The van der Waals surface area contributed by atoms with Gasteiger partial charge in [0.2, 0.25) is 0 Å². The van der Waals surface area contributed by atoms with Crippen molar-refractivity contribution < 1.29 is 4.74 Å². The summed E-state index contributed by atoms with van der Waals surface area (Å²) in [5.74, 6) is 0. The molecule has 0 saturated carbocycles. The van der Waals surface area contributed by atoms with E-state index in [1.165, 1.54) is 5.56 Å². The van der Waals surface area contributed by atoms with Crippen molar-refractivity contribution in [2.75, 3.05) is 39.9 Å². The van der Waals surface area contributed by atoms with E-state index in [4.69, 9.17) is 4.74 Å². The van der Waals surface area contributed by atoms with Crippen molar-refractivity contribution in [1.82, 2.24) is 10.6 Å². The monoisotopic (exact) mass is 236 g/mol. The normalized spacial score (nSPS) is 10.6. The molecule has 1 rings (SSSR count). The Kier molecular flexibility index (Phi) is 8.55. The first-order valence-corrected chi connectivity index (χ1v) is 6.38. The lowest BCUT2D eigenvalue weighted by Gasteiger charge is -2.06. The molecule has 0 unspecified atom stereocenters. The Morgan fingerprint density at radius 2 is 1.65 bits per heavy atom. The van der Waals surface area contributed by atoms with Crippen LogP contribution in [0.3, 0.4) is 0 Å². The second kappa shape index (κ2) is 10.3. The van der Waals surface area contributed by atoms with E-state index in [2.05, 4.69) is 41.0 Å². The molecule has 96 valence electrons. The fourth-order valence-corrected chi connectivity index (χ4v) is 1.65. The number of hydrogen-bond acceptors (Lipinski definition) is 3. The maximum Gasteiger partial charge on any atom is 0.0474 e. The Labute approximate surface area is 105 Å². The highest BCUT2D eigenvalue weighted by molar-refractivity contribution is 5.14. The zero-order valence-electron chi connectivity index (χ0n) is 10.7. The molecule has 1 aromatic carbocycles. The molecule has 0 amide bonds. The number of rotatable bonds is 10. The molecule has 0 saturated heterocycles. The molecule has 0 bridgehead atoms. The topological polar surface area (TPSA) is 33.3 Å². The molecule has 0 heterocycles. The minimum Gasteiger partial charge on any atom is -0.385 e. The van der Waals surface area contributed by atoms with E-state index in [1.54, 1.807) is 7.11 Å². The van der Waals surface area contributed by atoms with E-state index >= 15 is 0 Å². The summed E-state index contributed by atoms with van der Waals surface area (Å²) >= 11 is 0. The molecule has 17 heavy (non-hydrogen) atoms. The molecule has 0 aromatic heterocycles. The number of hydrogen-bond donors (Lipinski definition) is 2. The van der Waals surface area contributed by atoms with Crippen LogP contribution >= 0.6 is 0 Å². The molecule has 0 atom stereocenters. The van der Waals surface area contributed by atoms with Crippen LogP contribution in [0.1, 0.15) is 12.0 Å². The predicted molar refractivity (Wildman–Crippen MR) is 72.4 cm³/mol. The maximum atomic E-state index is 4.98. The van der Waals surface area contributed by atoms with Gasteiger partial charge < -0.3 is 15.4 Å². The molecular weight excluding hydrogens is 212 g/mol. The summed E-state index contributed by atoms with van der Waals surface area (Å²) in [7, 11) is 1.74. The van der Waals surface area contributed by atoms with Crippen LogP contribution in [0.2, 0.25) is 0 Å². The Morgan fingerprint density at radius 1 is 0.941 bits per heavy atom.